The molecule has 8 nitrogen and oxygen atoms in total. The van der Waals surface area contributed by atoms with Crippen molar-refractivity contribution >= 4 is 17.7 Å². The monoisotopic (exact) mass is 331 g/mol. The van der Waals surface area contributed by atoms with Gasteiger partial charge in [0.05, 0.1) is 13.0 Å². The number of nitrogens with one attached hydrogen (secondary N) is 2. The summed E-state index contributed by atoms with van der Waals surface area (Å²) >= 11 is 0. The average molecular weight is 331 g/mol. The van der Waals surface area contributed by atoms with Crippen molar-refractivity contribution in [2.45, 2.75) is 53.2 Å². The van der Waals surface area contributed by atoms with Gasteiger partial charge in [-0.3, -0.25) is 19.6 Å². The third-order valence-electron chi connectivity index (χ3n) is 3.14. The molecule has 0 spiro atoms. The molecule has 0 rings (SSSR count). The Balaban J connectivity index is 4.74. The number of hydrogen-bond acceptors (Lipinski definition) is 5. The second kappa shape index (κ2) is 8.83. The average Bonchev–Trinajstić information content (AvgIpc) is 2.40. The Kier molecular flexibility index (Phi) is 8.19. The van der Waals surface area contributed by atoms with Crippen molar-refractivity contribution in [3.8, 4) is 0 Å². The van der Waals surface area contributed by atoms with E-state index in [2.05, 4.69) is 10.6 Å². The van der Waals surface area contributed by atoms with Crippen molar-refractivity contribution < 1.29 is 24.7 Å². The predicted octanol–water partition coefficient (Wildman–Crippen LogP) is -0.112. The van der Waals surface area contributed by atoms with Crippen LogP contribution in [0.2, 0.25) is 0 Å². The van der Waals surface area contributed by atoms with Gasteiger partial charge in [0.1, 0.15) is 12.1 Å². The van der Waals surface area contributed by atoms with E-state index in [1.807, 2.05) is 0 Å². The summed E-state index contributed by atoms with van der Waals surface area (Å²) in [5.41, 5.74) is -0.536. The van der Waals surface area contributed by atoms with Gasteiger partial charge in [-0.25, -0.2) is 5.06 Å². The van der Waals surface area contributed by atoms with Crippen LogP contribution < -0.4 is 10.6 Å². The Labute approximate surface area is 137 Å². The van der Waals surface area contributed by atoms with E-state index in [0.29, 0.717) is 5.06 Å². The van der Waals surface area contributed by atoms with Crippen molar-refractivity contribution in [2.75, 3.05) is 13.6 Å². The fraction of sp³-hybridized carbons (Fsp3) is 0.800. The van der Waals surface area contributed by atoms with Gasteiger partial charge in [-0.1, -0.05) is 34.6 Å². The zero-order valence-electron chi connectivity index (χ0n) is 14.7. The maximum Gasteiger partial charge on any atom is 0.275 e. The molecule has 3 amide bonds. The quantitative estimate of drug-likeness (QED) is 0.383. The molecule has 0 fully saturated rings. The van der Waals surface area contributed by atoms with E-state index in [1.54, 1.807) is 34.6 Å². The number of nitrogens with zero attached hydrogens (tertiary/aromatic N) is 1. The van der Waals surface area contributed by atoms with Crippen molar-refractivity contribution in [1.82, 2.24) is 15.7 Å². The van der Waals surface area contributed by atoms with E-state index >= 15 is 0 Å². The molecule has 0 aromatic rings. The summed E-state index contributed by atoms with van der Waals surface area (Å²) in [4.78, 5) is 35.6. The van der Waals surface area contributed by atoms with E-state index in [9.17, 15) is 24.7 Å². The van der Waals surface area contributed by atoms with Crippen LogP contribution in [0.5, 0.6) is 0 Å². The lowest BCUT2D eigenvalue weighted by Gasteiger charge is -2.30. The molecule has 0 aromatic heterocycles. The molecule has 0 bridgehead atoms. The summed E-state index contributed by atoms with van der Waals surface area (Å²) in [6.07, 6.45) is -2.19. The summed E-state index contributed by atoms with van der Waals surface area (Å²) < 4.78 is 0. The van der Waals surface area contributed by atoms with Gasteiger partial charge in [0.2, 0.25) is 11.8 Å². The summed E-state index contributed by atoms with van der Waals surface area (Å²) in [5, 5.41) is 24.7. The van der Waals surface area contributed by atoms with Gasteiger partial charge in [-0.05, 0) is 11.3 Å². The van der Waals surface area contributed by atoms with Crippen molar-refractivity contribution in [2.24, 2.45) is 11.3 Å². The Morgan fingerprint density at radius 3 is 2.09 bits per heavy atom. The first kappa shape index (κ1) is 21.3. The zero-order chi connectivity index (χ0) is 18.4. The van der Waals surface area contributed by atoms with Gasteiger partial charge in [0.15, 0.2) is 0 Å². The lowest BCUT2D eigenvalue weighted by molar-refractivity contribution is -0.177. The third kappa shape index (κ3) is 7.43. The lowest BCUT2D eigenvalue weighted by atomic mass is 9.86. The van der Waals surface area contributed by atoms with Crippen LogP contribution in [0, 0.1) is 11.3 Å². The Hall–Kier alpha value is -1.67. The minimum atomic E-state index is -1.66. The van der Waals surface area contributed by atoms with Gasteiger partial charge in [-0.15, -0.1) is 0 Å². The van der Waals surface area contributed by atoms with Gasteiger partial charge in [-0.2, -0.15) is 0 Å². The number of aliphatic hydroxyl groups is 1. The van der Waals surface area contributed by atoms with Crippen molar-refractivity contribution in [3.05, 3.63) is 0 Å². The highest BCUT2D eigenvalue weighted by molar-refractivity contribution is 5.91. The zero-order valence-corrected chi connectivity index (χ0v) is 14.7. The molecule has 23 heavy (non-hydrogen) atoms. The van der Waals surface area contributed by atoms with Gasteiger partial charge in [0.25, 0.3) is 5.91 Å². The van der Waals surface area contributed by atoms with Gasteiger partial charge >= 0.3 is 0 Å². The van der Waals surface area contributed by atoms with Crippen molar-refractivity contribution in [1.29, 1.82) is 0 Å². The van der Waals surface area contributed by atoms with E-state index in [1.165, 1.54) is 7.05 Å². The standard InChI is InChI=1S/C15H29N3O5/c1-9(2)8-18(23)14(22)10(19)7-11(20)17-12(13(21)16-6)15(3,4)5/h9-10,12,19,23H,7-8H2,1-6H3,(H,16,21)(H,17,20)/t10-,12+/m0/s1. The van der Waals surface area contributed by atoms with E-state index < -0.39 is 35.8 Å². The summed E-state index contributed by atoms with van der Waals surface area (Å²) in [6.45, 7) is 9.01. The Bertz CT molecular complexity index is 431. The highest BCUT2D eigenvalue weighted by atomic mass is 16.5. The number of carbonyl (C=O) groups is 3. The Morgan fingerprint density at radius 1 is 1.17 bits per heavy atom. The van der Waals surface area contributed by atoms with Crippen LogP contribution in [0.3, 0.4) is 0 Å². The molecule has 0 radical (unpaired) electrons. The molecule has 0 unspecified atom stereocenters. The summed E-state index contributed by atoms with van der Waals surface area (Å²) in [7, 11) is 1.46. The van der Waals surface area contributed by atoms with E-state index in [-0.39, 0.29) is 18.4 Å². The molecule has 2 atom stereocenters. The highest BCUT2D eigenvalue weighted by Gasteiger charge is 2.33. The third-order valence-corrected chi connectivity index (χ3v) is 3.14. The van der Waals surface area contributed by atoms with E-state index in [4.69, 9.17) is 0 Å². The second-order valence-electron chi connectivity index (χ2n) is 7.01. The molecular formula is C15H29N3O5. The maximum absolute atomic E-state index is 12.0. The number of aliphatic hydroxyl groups excluding tert-OH is 1. The molecule has 0 aliphatic rings. The van der Waals surface area contributed by atoms with Crippen molar-refractivity contribution in [3.63, 3.8) is 0 Å². The molecule has 0 aliphatic carbocycles. The van der Waals surface area contributed by atoms with Crippen LogP contribution in [-0.2, 0) is 14.4 Å². The molecule has 0 heterocycles. The molecule has 0 aliphatic heterocycles. The Morgan fingerprint density at radius 2 is 1.70 bits per heavy atom. The number of carbonyl (C=O) groups excluding carboxylic acids is 3. The first-order valence-corrected chi connectivity index (χ1v) is 7.59. The highest BCUT2D eigenvalue weighted by Crippen LogP contribution is 2.19. The van der Waals surface area contributed by atoms with Gasteiger partial charge < -0.3 is 15.7 Å². The number of hydrogen-bond donors (Lipinski definition) is 4. The topological polar surface area (TPSA) is 119 Å². The largest absolute Gasteiger partial charge is 0.383 e. The molecule has 0 aromatic carbocycles. The molecule has 0 saturated carbocycles. The van der Waals surface area contributed by atoms with Crippen LogP contribution in [0.1, 0.15) is 41.0 Å². The molecule has 0 saturated heterocycles. The van der Waals surface area contributed by atoms with Crippen LogP contribution in [0.4, 0.5) is 0 Å². The summed E-state index contributed by atoms with van der Waals surface area (Å²) in [6, 6.07) is -0.803. The molecule has 4 N–H and O–H groups in total. The van der Waals surface area contributed by atoms with Gasteiger partial charge in [0, 0.05) is 7.05 Å². The number of hydroxylamine groups is 2. The fourth-order valence-electron chi connectivity index (χ4n) is 1.91. The van der Waals surface area contributed by atoms with E-state index in [0.717, 1.165) is 0 Å². The second-order valence-corrected chi connectivity index (χ2v) is 7.01. The smallest absolute Gasteiger partial charge is 0.275 e. The minimum absolute atomic E-state index is 0.0171. The SMILES string of the molecule is CNC(=O)[C@@H](NC(=O)C[C@H](O)C(=O)N(O)CC(C)C)C(C)(C)C. The predicted molar refractivity (Wildman–Crippen MR) is 84.4 cm³/mol. The number of likely N-dealkylation sites (N-methyl/N-ethyl adjacent to an activating group) is 1. The molecular weight excluding hydrogens is 302 g/mol. The number of amides is 3. The van der Waals surface area contributed by atoms with Crippen LogP contribution in [0.25, 0.3) is 0 Å². The van der Waals surface area contributed by atoms with Crippen LogP contribution in [0.15, 0.2) is 0 Å². The van der Waals surface area contributed by atoms with Crippen LogP contribution >= 0.6 is 0 Å². The lowest BCUT2D eigenvalue weighted by Crippen LogP contribution is -2.53. The first-order valence-electron chi connectivity index (χ1n) is 7.59. The van der Waals surface area contributed by atoms with Crippen LogP contribution in [-0.4, -0.2) is 58.8 Å². The fourth-order valence-corrected chi connectivity index (χ4v) is 1.91. The molecule has 134 valence electrons. The molecule has 8 heteroatoms. The summed E-state index contributed by atoms with van der Waals surface area (Å²) in [5.74, 6) is -1.94. The maximum atomic E-state index is 12.0. The first-order chi connectivity index (χ1) is 10.4. The number of rotatable bonds is 7. The normalized spacial score (nSPS) is 14.1. The minimum Gasteiger partial charge on any atom is -0.383 e.